The second-order valence-corrected chi connectivity index (χ2v) is 6.86. The lowest BCUT2D eigenvalue weighted by molar-refractivity contribution is -0.183. The van der Waals surface area contributed by atoms with Crippen molar-refractivity contribution in [3.8, 4) is 0 Å². The van der Waals surface area contributed by atoms with Gasteiger partial charge in [0.2, 0.25) is 0 Å². The maximum Gasteiger partial charge on any atom is 0.333 e. The number of hydrogen-bond donors (Lipinski definition) is 3. The highest BCUT2D eigenvalue weighted by Gasteiger charge is 2.56. The molecule has 2 aliphatic rings. The lowest BCUT2D eigenvalue weighted by Gasteiger charge is -2.56. The van der Waals surface area contributed by atoms with E-state index in [0.717, 1.165) is 0 Å². The van der Waals surface area contributed by atoms with Crippen molar-refractivity contribution in [3.05, 3.63) is 12.2 Å². The van der Waals surface area contributed by atoms with Gasteiger partial charge in [0.05, 0.1) is 25.4 Å². The Morgan fingerprint density at radius 1 is 1.33 bits per heavy atom. The summed E-state index contributed by atoms with van der Waals surface area (Å²) in [7, 11) is 1.30. The Hall–Kier alpha value is -0.910. The monoisotopic (exact) mass is 298 g/mol. The van der Waals surface area contributed by atoms with Gasteiger partial charge in [0.25, 0.3) is 0 Å². The molecular weight excluding hydrogens is 272 g/mol. The molecule has 5 nitrogen and oxygen atoms in total. The molecule has 21 heavy (non-hydrogen) atoms. The second-order valence-electron chi connectivity index (χ2n) is 6.86. The zero-order chi connectivity index (χ0) is 15.9. The van der Waals surface area contributed by atoms with Crippen LogP contribution in [-0.4, -0.2) is 46.7 Å². The van der Waals surface area contributed by atoms with Crippen molar-refractivity contribution in [2.75, 3.05) is 7.11 Å². The minimum Gasteiger partial charge on any atom is -0.466 e. The van der Waals surface area contributed by atoms with E-state index in [2.05, 4.69) is 6.58 Å². The topological polar surface area (TPSA) is 87.0 Å². The predicted octanol–water partition coefficient (Wildman–Crippen LogP) is 0.871. The van der Waals surface area contributed by atoms with Gasteiger partial charge in [0.15, 0.2) is 0 Å². The molecule has 2 rings (SSSR count). The molecular formula is C16H26O5. The molecule has 0 aliphatic heterocycles. The number of aliphatic hydroxyl groups excluding tert-OH is 3. The zero-order valence-corrected chi connectivity index (χ0v) is 13.0. The van der Waals surface area contributed by atoms with Crippen molar-refractivity contribution in [3.63, 3.8) is 0 Å². The molecule has 2 aliphatic carbocycles. The Morgan fingerprint density at radius 2 is 1.95 bits per heavy atom. The van der Waals surface area contributed by atoms with Crippen LogP contribution in [0.5, 0.6) is 0 Å². The Labute approximate surface area is 125 Å². The molecule has 3 N–H and O–H groups in total. The van der Waals surface area contributed by atoms with Crippen molar-refractivity contribution in [1.82, 2.24) is 0 Å². The summed E-state index contributed by atoms with van der Waals surface area (Å²) in [4.78, 5) is 11.7. The van der Waals surface area contributed by atoms with Crippen LogP contribution in [0.15, 0.2) is 12.2 Å². The molecule has 0 heterocycles. The van der Waals surface area contributed by atoms with Crippen LogP contribution in [0.3, 0.4) is 0 Å². The van der Waals surface area contributed by atoms with Crippen molar-refractivity contribution in [2.45, 2.75) is 51.4 Å². The number of hydrogen-bond acceptors (Lipinski definition) is 5. The average molecular weight is 298 g/mol. The summed E-state index contributed by atoms with van der Waals surface area (Å²) in [6.45, 7) is 7.62. The zero-order valence-electron chi connectivity index (χ0n) is 13.0. The molecule has 120 valence electrons. The molecule has 7 atom stereocenters. The highest BCUT2D eigenvalue weighted by molar-refractivity contribution is 5.88. The van der Waals surface area contributed by atoms with Gasteiger partial charge in [-0.15, -0.1) is 0 Å². The van der Waals surface area contributed by atoms with Crippen LogP contribution in [0.4, 0.5) is 0 Å². The van der Waals surface area contributed by atoms with Crippen LogP contribution in [-0.2, 0) is 9.53 Å². The third-order valence-corrected chi connectivity index (χ3v) is 5.83. The molecule has 0 unspecified atom stereocenters. The summed E-state index contributed by atoms with van der Waals surface area (Å²) in [5, 5.41) is 31.2. The number of carbonyl (C=O) groups is 1. The molecule has 0 aromatic heterocycles. The number of esters is 1. The molecule has 0 aromatic rings. The van der Waals surface area contributed by atoms with Crippen molar-refractivity contribution in [2.24, 2.45) is 23.2 Å². The maximum absolute atomic E-state index is 11.7. The molecule has 2 saturated carbocycles. The highest BCUT2D eigenvalue weighted by Crippen LogP contribution is 2.55. The fourth-order valence-electron chi connectivity index (χ4n) is 4.36. The summed E-state index contributed by atoms with van der Waals surface area (Å²) < 4.78 is 4.70. The Kier molecular flexibility index (Phi) is 4.47. The van der Waals surface area contributed by atoms with Gasteiger partial charge in [-0.05, 0) is 30.1 Å². The molecule has 0 spiro atoms. The normalized spacial score (nSPS) is 46.6. The first-order chi connectivity index (χ1) is 9.74. The van der Waals surface area contributed by atoms with Crippen LogP contribution in [0, 0.1) is 23.2 Å². The number of ether oxygens (including phenoxy) is 1. The Balaban J connectivity index is 2.29. The molecule has 0 bridgehead atoms. The molecule has 0 radical (unpaired) electrons. The molecule has 0 aromatic carbocycles. The predicted molar refractivity (Wildman–Crippen MR) is 77.3 cm³/mol. The van der Waals surface area contributed by atoms with E-state index in [-0.39, 0.29) is 23.3 Å². The van der Waals surface area contributed by atoms with Crippen molar-refractivity contribution in [1.29, 1.82) is 0 Å². The minimum atomic E-state index is -0.810. The number of rotatable bonds is 2. The fourth-order valence-corrected chi connectivity index (χ4v) is 4.36. The van der Waals surface area contributed by atoms with E-state index in [4.69, 9.17) is 4.74 Å². The van der Waals surface area contributed by atoms with Gasteiger partial charge in [0.1, 0.15) is 0 Å². The second kappa shape index (κ2) is 5.71. The van der Waals surface area contributed by atoms with E-state index in [9.17, 15) is 20.1 Å². The minimum absolute atomic E-state index is 0.137. The summed E-state index contributed by atoms with van der Waals surface area (Å²) in [6.07, 6.45) is -0.484. The van der Waals surface area contributed by atoms with E-state index >= 15 is 0 Å². The largest absolute Gasteiger partial charge is 0.466 e. The first-order valence-electron chi connectivity index (χ1n) is 7.55. The third kappa shape index (κ3) is 2.51. The van der Waals surface area contributed by atoms with Crippen molar-refractivity contribution >= 4 is 5.97 Å². The van der Waals surface area contributed by atoms with Crippen LogP contribution < -0.4 is 0 Å². The lowest BCUT2D eigenvalue weighted by Crippen LogP contribution is -2.59. The standard InChI is InChI=1S/C16H26O5/c1-8(15(20)21-4)10-5-6-16(3)12(18)7-11(17)9(2)13(16)14(10)19/h9-14,17-19H,1,5-7H2,2-4H3/t9-,10-,11-,12+,13+,14-,16-/m0/s1. The third-order valence-electron chi connectivity index (χ3n) is 5.83. The molecule has 0 saturated heterocycles. The molecule has 2 fully saturated rings. The highest BCUT2D eigenvalue weighted by atomic mass is 16.5. The van der Waals surface area contributed by atoms with E-state index in [0.29, 0.717) is 19.3 Å². The van der Waals surface area contributed by atoms with Gasteiger partial charge in [-0.1, -0.05) is 20.4 Å². The first-order valence-corrected chi connectivity index (χ1v) is 7.55. The maximum atomic E-state index is 11.7. The van der Waals surface area contributed by atoms with E-state index < -0.39 is 29.7 Å². The van der Waals surface area contributed by atoms with Gasteiger partial charge in [-0.2, -0.15) is 0 Å². The van der Waals surface area contributed by atoms with Crippen LogP contribution in [0.25, 0.3) is 0 Å². The Bertz CT molecular complexity index is 434. The van der Waals surface area contributed by atoms with Crippen LogP contribution in [0.2, 0.25) is 0 Å². The first kappa shape index (κ1) is 16.5. The molecule has 0 amide bonds. The van der Waals surface area contributed by atoms with E-state index in [1.807, 2.05) is 13.8 Å². The fraction of sp³-hybridized carbons (Fsp3) is 0.812. The number of aliphatic hydroxyl groups is 3. The summed E-state index contributed by atoms with van der Waals surface area (Å²) >= 11 is 0. The molecule has 5 heteroatoms. The number of methoxy groups -OCH3 is 1. The smallest absolute Gasteiger partial charge is 0.333 e. The van der Waals surface area contributed by atoms with Gasteiger partial charge in [-0.25, -0.2) is 4.79 Å². The van der Waals surface area contributed by atoms with Gasteiger partial charge < -0.3 is 20.1 Å². The van der Waals surface area contributed by atoms with E-state index in [1.165, 1.54) is 7.11 Å². The average Bonchev–Trinajstić information content (AvgIpc) is 2.44. The summed E-state index contributed by atoms with van der Waals surface area (Å²) in [5.74, 6) is -1.29. The van der Waals surface area contributed by atoms with Gasteiger partial charge >= 0.3 is 5.97 Å². The summed E-state index contributed by atoms with van der Waals surface area (Å²) in [6, 6.07) is 0. The van der Waals surface area contributed by atoms with Gasteiger partial charge in [0, 0.05) is 17.9 Å². The number of fused-ring (bicyclic) bond motifs is 1. The van der Waals surface area contributed by atoms with Gasteiger partial charge in [-0.3, -0.25) is 0 Å². The number of carbonyl (C=O) groups excluding carboxylic acids is 1. The van der Waals surface area contributed by atoms with Crippen LogP contribution >= 0.6 is 0 Å². The Morgan fingerprint density at radius 3 is 2.52 bits per heavy atom. The SMILES string of the molecule is C=C(C(=O)OC)[C@@H]1CC[C@]2(C)[C@H]([C@@H](C)[C@@H](O)C[C@H]2O)[C@H]1O. The van der Waals surface area contributed by atoms with Crippen LogP contribution in [0.1, 0.15) is 33.1 Å². The van der Waals surface area contributed by atoms with E-state index in [1.54, 1.807) is 0 Å². The summed E-state index contributed by atoms with van der Waals surface area (Å²) in [5.41, 5.74) is -0.167. The quantitative estimate of drug-likeness (QED) is 0.520. The lowest BCUT2D eigenvalue weighted by atomic mass is 9.51. The van der Waals surface area contributed by atoms with Crippen molar-refractivity contribution < 1.29 is 24.9 Å².